The smallest absolute Gasteiger partial charge is 0.230 e. The van der Waals surface area contributed by atoms with Crippen molar-refractivity contribution in [3.8, 4) is 0 Å². The summed E-state index contributed by atoms with van der Waals surface area (Å²) in [4.78, 5) is 13.0. The lowest BCUT2D eigenvalue weighted by Crippen LogP contribution is -2.50. The number of hydrogen-bond acceptors (Lipinski definition) is 2. The van der Waals surface area contributed by atoms with Crippen molar-refractivity contribution in [1.29, 1.82) is 0 Å². The molecular formula is C17H24BrClN2O. The summed E-state index contributed by atoms with van der Waals surface area (Å²) in [6.45, 7) is 2.02. The van der Waals surface area contributed by atoms with Gasteiger partial charge >= 0.3 is 0 Å². The Labute approximate surface area is 147 Å². The van der Waals surface area contributed by atoms with Crippen LogP contribution in [0.2, 0.25) is 0 Å². The minimum absolute atomic E-state index is 0. The van der Waals surface area contributed by atoms with Gasteiger partial charge in [0.1, 0.15) is 0 Å². The summed E-state index contributed by atoms with van der Waals surface area (Å²) < 4.78 is 1.06. The molecule has 2 fully saturated rings. The van der Waals surface area contributed by atoms with Gasteiger partial charge in [-0.1, -0.05) is 40.9 Å². The van der Waals surface area contributed by atoms with Crippen LogP contribution < -0.4 is 10.6 Å². The largest absolute Gasteiger partial charge is 0.353 e. The molecule has 0 atom stereocenters. The van der Waals surface area contributed by atoms with E-state index in [0.29, 0.717) is 6.04 Å². The third-order valence-corrected chi connectivity index (χ3v) is 5.44. The van der Waals surface area contributed by atoms with Crippen molar-refractivity contribution in [2.75, 3.05) is 13.1 Å². The van der Waals surface area contributed by atoms with Crippen molar-refractivity contribution in [2.45, 2.75) is 50.0 Å². The first-order chi connectivity index (χ1) is 10.2. The molecule has 2 N–H and O–H groups in total. The Balaban J connectivity index is 0.00000176. The van der Waals surface area contributed by atoms with Gasteiger partial charge in [-0.2, -0.15) is 0 Å². The van der Waals surface area contributed by atoms with E-state index in [-0.39, 0.29) is 23.7 Å². The summed E-state index contributed by atoms with van der Waals surface area (Å²) in [5, 5.41) is 6.67. The van der Waals surface area contributed by atoms with Crippen molar-refractivity contribution >= 4 is 34.2 Å². The van der Waals surface area contributed by atoms with Crippen molar-refractivity contribution in [3.05, 3.63) is 34.3 Å². The molecule has 1 aliphatic carbocycles. The molecule has 2 aliphatic rings. The van der Waals surface area contributed by atoms with Crippen LogP contribution in [0.1, 0.15) is 44.1 Å². The fourth-order valence-electron chi connectivity index (χ4n) is 3.70. The number of amides is 1. The third-order valence-electron chi connectivity index (χ3n) is 4.94. The average molecular weight is 388 g/mol. The molecule has 3 nitrogen and oxygen atoms in total. The van der Waals surface area contributed by atoms with E-state index in [1.165, 1.54) is 5.56 Å². The Morgan fingerprint density at radius 1 is 1.23 bits per heavy atom. The number of halogens is 2. The normalized spacial score (nSPS) is 21.1. The van der Waals surface area contributed by atoms with Crippen LogP contribution in [0.4, 0.5) is 0 Å². The van der Waals surface area contributed by atoms with Gasteiger partial charge < -0.3 is 10.6 Å². The summed E-state index contributed by atoms with van der Waals surface area (Å²) in [5.41, 5.74) is 0.857. The fourth-order valence-corrected chi connectivity index (χ4v) is 4.10. The number of carbonyl (C=O) groups is 1. The summed E-state index contributed by atoms with van der Waals surface area (Å²) in [6.07, 6.45) is 6.32. The Hall–Kier alpha value is -0.580. The maximum Gasteiger partial charge on any atom is 0.230 e. The topological polar surface area (TPSA) is 41.1 Å². The third kappa shape index (κ3) is 3.66. The van der Waals surface area contributed by atoms with Crippen molar-refractivity contribution in [3.63, 3.8) is 0 Å². The molecule has 22 heavy (non-hydrogen) atoms. The summed E-state index contributed by atoms with van der Waals surface area (Å²) in [6, 6.07) is 8.63. The van der Waals surface area contributed by atoms with Crippen LogP contribution in [-0.4, -0.2) is 25.0 Å². The zero-order valence-electron chi connectivity index (χ0n) is 12.7. The number of carbonyl (C=O) groups excluding carboxylic acids is 1. The molecule has 0 aromatic heterocycles. The predicted octanol–water partition coefficient (Wildman–Crippen LogP) is 3.55. The lowest BCUT2D eigenvalue weighted by molar-refractivity contribution is -0.127. The summed E-state index contributed by atoms with van der Waals surface area (Å²) in [7, 11) is 0. The van der Waals surface area contributed by atoms with Gasteiger partial charge in [-0.05, 0) is 56.5 Å². The number of nitrogens with one attached hydrogen (secondary N) is 2. The van der Waals surface area contributed by atoms with Crippen molar-refractivity contribution in [1.82, 2.24) is 10.6 Å². The SMILES string of the molecule is Cl.O=C(NC1CCNCC1)C1(c2cccc(Br)c2)CCCC1. The Morgan fingerprint density at radius 3 is 2.55 bits per heavy atom. The molecule has 1 aliphatic heterocycles. The zero-order valence-corrected chi connectivity index (χ0v) is 15.1. The van der Waals surface area contributed by atoms with Gasteiger partial charge in [0.15, 0.2) is 0 Å². The van der Waals surface area contributed by atoms with E-state index in [1.54, 1.807) is 0 Å². The number of piperidine rings is 1. The molecule has 1 saturated heterocycles. The van der Waals surface area contributed by atoms with Crippen LogP contribution in [0, 0.1) is 0 Å². The second-order valence-electron chi connectivity index (χ2n) is 6.30. The molecule has 5 heteroatoms. The molecule has 1 saturated carbocycles. The molecule has 1 amide bonds. The molecule has 3 rings (SSSR count). The van der Waals surface area contributed by atoms with E-state index in [0.717, 1.165) is 56.1 Å². The van der Waals surface area contributed by atoms with Crippen molar-refractivity contribution in [2.24, 2.45) is 0 Å². The number of benzene rings is 1. The van der Waals surface area contributed by atoms with Crippen LogP contribution >= 0.6 is 28.3 Å². The Morgan fingerprint density at radius 2 is 1.91 bits per heavy atom. The minimum Gasteiger partial charge on any atom is -0.353 e. The highest BCUT2D eigenvalue weighted by Crippen LogP contribution is 2.42. The maximum absolute atomic E-state index is 13.0. The highest BCUT2D eigenvalue weighted by atomic mass is 79.9. The predicted molar refractivity (Wildman–Crippen MR) is 95.6 cm³/mol. The monoisotopic (exact) mass is 386 g/mol. The lowest BCUT2D eigenvalue weighted by Gasteiger charge is -2.32. The first-order valence-corrected chi connectivity index (χ1v) is 8.78. The Bertz CT molecular complexity index is 511. The second kappa shape index (κ2) is 7.80. The molecule has 0 bridgehead atoms. The van der Waals surface area contributed by atoms with E-state index in [2.05, 4.69) is 38.7 Å². The van der Waals surface area contributed by atoms with E-state index >= 15 is 0 Å². The van der Waals surface area contributed by atoms with Gasteiger partial charge in [0.25, 0.3) is 0 Å². The zero-order chi connectivity index (χ0) is 14.7. The molecule has 0 spiro atoms. The molecule has 122 valence electrons. The molecule has 0 radical (unpaired) electrons. The standard InChI is InChI=1S/C17H23BrN2O.ClH/c18-14-5-3-4-13(12-14)17(8-1-2-9-17)16(21)20-15-6-10-19-11-7-15;/h3-5,12,15,19H,1-2,6-11H2,(H,20,21);1H. The van der Waals surface area contributed by atoms with Crippen LogP contribution in [-0.2, 0) is 10.2 Å². The van der Waals surface area contributed by atoms with Gasteiger partial charge in [0, 0.05) is 10.5 Å². The van der Waals surface area contributed by atoms with Gasteiger partial charge in [-0.3, -0.25) is 4.79 Å². The highest BCUT2D eigenvalue weighted by Gasteiger charge is 2.43. The summed E-state index contributed by atoms with van der Waals surface area (Å²) in [5.74, 6) is 0.241. The van der Waals surface area contributed by atoms with Crippen LogP contribution in [0.3, 0.4) is 0 Å². The number of rotatable bonds is 3. The lowest BCUT2D eigenvalue weighted by atomic mass is 9.77. The molecular weight excluding hydrogens is 364 g/mol. The van der Waals surface area contributed by atoms with Crippen LogP contribution in [0.15, 0.2) is 28.7 Å². The first-order valence-electron chi connectivity index (χ1n) is 7.98. The van der Waals surface area contributed by atoms with E-state index < -0.39 is 0 Å². The van der Waals surface area contributed by atoms with Crippen molar-refractivity contribution < 1.29 is 4.79 Å². The van der Waals surface area contributed by atoms with E-state index in [9.17, 15) is 4.79 Å². The fraction of sp³-hybridized carbons (Fsp3) is 0.588. The van der Waals surface area contributed by atoms with E-state index in [4.69, 9.17) is 0 Å². The Kier molecular flexibility index (Phi) is 6.30. The quantitative estimate of drug-likeness (QED) is 0.833. The first kappa shape index (κ1) is 17.8. The molecule has 0 unspecified atom stereocenters. The highest BCUT2D eigenvalue weighted by molar-refractivity contribution is 9.10. The van der Waals surface area contributed by atoms with E-state index in [1.807, 2.05) is 12.1 Å². The van der Waals surface area contributed by atoms with Gasteiger partial charge in [-0.15, -0.1) is 12.4 Å². The van der Waals surface area contributed by atoms with Gasteiger partial charge in [0.2, 0.25) is 5.91 Å². The van der Waals surface area contributed by atoms with Crippen LogP contribution in [0.25, 0.3) is 0 Å². The molecule has 1 aromatic rings. The maximum atomic E-state index is 13.0. The van der Waals surface area contributed by atoms with Gasteiger partial charge in [-0.25, -0.2) is 0 Å². The molecule has 1 aromatic carbocycles. The van der Waals surface area contributed by atoms with Crippen LogP contribution in [0.5, 0.6) is 0 Å². The summed E-state index contributed by atoms with van der Waals surface area (Å²) >= 11 is 3.54. The van der Waals surface area contributed by atoms with Gasteiger partial charge in [0.05, 0.1) is 5.41 Å². The molecule has 1 heterocycles. The second-order valence-corrected chi connectivity index (χ2v) is 7.21. The number of hydrogen-bond donors (Lipinski definition) is 2. The minimum atomic E-state index is -0.311. The average Bonchev–Trinajstić information content (AvgIpc) is 2.99.